The lowest BCUT2D eigenvalue weighted by Gasteiger charge is -2.11. The van der Waals surface area contributed by atoms with E-state index in [2.05, 4.69) is 39.0 Å². The van der Waals surface area contributed by atoms with Crippen molar-refractivity contribution < 1.29 is 0 Å². The molecule has 6 heteroatoms. The summed E-state index contributed by atoms with van der Waals surface area (Å²) in [5, 5.41) is 8.71. The molecule has 0 radical (unpaired) electrons. The van der Waals surface area contributed by atoms with E-state index < -0.39 is 0 Å². The average Bonchev–Trinajstić information content (AvgIpc) is 2.85. The van der Waals surface area contributed by atoms with Crippen LogP contribution in [-0.4, -0.2) is 18.0 Å². The number of aromatic nitrogens is 1. The lowest BCUT2D eigenvalue weighted by Crippen LogP contribution is -2.36. The lowest BCUT2D eigenvalue weighted by molar-refractivity contribution is 0.795. The van der Waals surface area contributed by atoms with Crippen LogP contribution in [0, 0.1) is 13.8 Å². The van der Waals surface area contributed by atoms with E-state index in [-0.39, 0.29) is 24.0 Å². The largest absolute Gasteiger partial charge is 0.352 e. The topological polar surface area (TPSA) is 49.3 Å². The summed E-state index contributed by atoms with van der Waals surface area (Å²) in [6, 6.07) is 8.16. The maximum absolute atomic E-state index is 4.46. The Morgan fingerprint density at radius 1 is 1.19 bits per heavy atom. The van der Waals surface area contributed by atoms with Crippen LogP contribution in [-0.2, 0) is 13.1 Å². The van der Waals surface area contributed by atoms with Crippen molar-refractivity contribution in [2.24, 2.45) is 4.99 Å². The quantitative estimate of drug-likeness (QED) is 0.457. The summed E-state index contributed by atoms with van der Waals surface area (Å²) in [6.45, 7) is 5.59. The number of nitrogens with zero attached hydrogens (tertiary/aromatic N) is 2. The molecular weight excluding hydrogens is 395 g/mol. The summed E-state index contributed by atoms with van der Waals surface area (Å²) in [4.78, 5) is 10.0. The second-order valence-electron chi connectivity index (χ2n) is 4.58. The highest BCUT2D eigenvalue weighted by molar-refractivity contribution is 14.0. The normalized spacial score (nSPS) is 10.9. The highest BCUT2D eigenvalue weighted by Gasteiger charge is 2.02. The minimum Gasteiger partial charge on any atom is -0.352 e. The van der Waals surface area contributed by atoms with Crippen LogP contribution < -0.4 is 10.6 Å². The molecule has 0 amide bonds. The summed E-state index contributed by atoms with van der Waals surface area (Å²) < 4.78 is 0. The van der Waals surface area contributed by atoms with Crippen LogP contribution in [0.5, 0.6) is 0 Å². The molecule has 0 bridgehead atoms. The third-order valence-electron chi connectivity index (χ3n) is 2.99. The number of aliphatic imine (C=N–C) groups is 1. The predicted octanol–water partition coefficient (Wildman–Crippen LogP) is 3.24. The smallest absolute Gasteiger partial charge is 0.191 e. The third kappa shape index (κ3) is 5.62. The second-order valence-corrected chi connectivity index (χ2v) is 5.58. The zero-order valence-corrected chi connectivity index (χ0v) is 15.7. The maximum Gasteiger partial charge on any atom is 0.191 e. The number of hydrogen-bond acceptors (Lipinski definition) is 3. The van der Waals surface area contributed by atoms with E-state index in [0.29, 0.717) is 6.54 Å². The molecule has 0 aliphatic heterocycles. The van der Waals surface area contributed by atoms with E-state index >= 15 is 0 Å². The Balaban J connectivity index is 0.00000220. The first-order chi connectivity index (χ1) is 9.69. The van der Waals surface area contributed by atoms with Crippen molar-refractivity contribution in [1.82, 2.24) is 15.6 Å². The number of halogens is 1. The van der Waals surface area contributed by atoms with E-state index in [4.69, 9.17) is 0 Å². The van der Waals surface area contributed by atoms with Gasteiger partial charge >= 0.3 is 0 Å². The molecule has 0 aliphatic carbocycles. The van der Waals surface area contributed by atoms with Gasteiger partial charge in [-0.3, -0.25) is 9.98 Å². The number of nitrogens with one attached hydrogen (secondary N) is 2. The molecule has 2 N–H and O–H groups in total. The zero-order valence-electron chi connectivity index (χ0n) is 12.5. The second kappa shape index (κ2) is 8.99. The summed E-state index contributed by atoms with van der Waals surface area (Å²) in [7, 11) is 1.78. The van der Waals surface area contributed by atoms with Crippen LogP contribution >= 0.6 is 35.3 Å². The third-order valence-corrected chi connectivity index (χ3v) is 4.01. The van der Waals surface area contributed by atoms with E-state index in [1.807, 2.05) is 25.1 Å². The van der Waals surface area contributed by atoms with Crippen LogP contribution in [0.4, 0.5) is 0 Å². The highest BCUT2D eigenvalue weighted by Crippen LogP contribution is 2.14. The van der Waals surface area contributed by atoms with Gasteiger partial charge in [0.15, 0.2) is 5.96 Å². The highest BCUT2D eigenvalue weighted by atomic mass is 127. The Kier molecular flexibility index (Phi) is 7.66. The van der Waals surface area contributed by atoms with Gasteiger partial charge in [-0.05, 0) is 43.0 Å². The molecule has 0 atom stereocenters. The standard InChI is InChI=1S/C15H20N4S.HI/c1-11-7-8-20-14(11)10-18-15(16-3)17-9-13-6-4-5-12(2)19-13;/h4-8H,9-10H2,1-3H3,(H2,16,17,18);1H. The molecule has 114 valence electrons. The number of rotatable bonds is 4. The number of guanidine groups is 1. The summed E-state index contributed by atoms with van der Waals surface area (Å²) in [6.07, 6.45) is 0. The van der Waals surface area contributed by atoms with Crippen LogP contribution in [0.3, 0.4) is 0 Å². The molecule has 0 saturated heterocycles. The van der Waals surface area contributed by atoms with Crippen molar-refractivity contribution in [3.63, 3.8) is 0 Å². The van der Waals surface area contributed by atoms with E-state index in [0.717, 1.165) is 23.9 Å². The zero-order chi connectivity index (χ0) is 14.4. The van der Waals surface area contributed by atoms with Crippen molar-refractivity contribution in [2.45, 2.75) is 26.9 Å². The van der Waals surface area contributed by atoms with Crippen LogP contribution in [0.15, 0.2) is 34.6 Å². The van der Waals surface area contributed by atoms with Gasteiger partial charge in [-0.2, -0.15) is 0 Å². The van der Waals surface area contributed by atoms with Gasteiger partial charge in [-0.25, -0.2) is 0 Å². The van der Waals surface area contributed by atoms with Crippen LogP contribution in [0.25, 0.3) is 0 Å². The molecule has 0 saturated carbocycles. The fourth-order valence-corrected chi connectivity index (χ4v) is 2.69. The summed E-state index contributed by atoms with van der Waals surface area (Å²) >= 11 is 1.76. The first-order valence-electron chi connectivity index (χ1n) is 6.59. The van der Waals surface area contributed by atoms with Crippen molar-refractivity contribution in [3.05, 3.63) is 51.5 Å². The molecule has 0 unspecified atom stereocenters. The van der Waals surface area contributed by atoms with Gasteiger partial charge in [0.2, 0.25) is 0 Å². The van der Waals surface area contributed by atoms with Crippen LogP contribution in [0.1, 0.15) is 21.8 Å². The molecule has 0 spiro atoms. The molecule has 2 aromatic rings. The van der Waals surface area contributed by atoms with Crippen molar-refractivity contribution in [3.8, 4) is 0 Å². The summed E-state index contributed by atoms with van der Waals surface area (Å²) in [5.74, 6) is 0.793. The van der Waals surface area contributed by atoms with E-state index in [9.17, 15) is 0 Å². The van der Waals surface area contributed by atoms with E-state index in [1.54, 1.807) is 18.4 Å². The van der Waals surface area contributed by atoms with Gasteiger partial charge in [-0.15, -0.1) is 35.3 Å². The predicted molar refractivity (Wildman–Crippen MR) is 100 cm³/mol. The number of pyridine rings is 1. The number of hydrogen-bond donors (Lipinski definition) is 2. The minimum atomic E-state index is 0. The number of aryl methyl sites for hydroxylation is 2. The Morgan fingerprint density at radius 3 is 2.57 bits per heavy atom. The molecule has 4 nitrogen and oxygen atoms in total. The Hall–Kier alpha value is -1.15. The monoisotopic (exact) mass is 416 g/mol. The first kappa shape index (κ1) is 17.9. The van der Waals surface area contributed by atoms with Gasteiger partial charge in [0.1, 0.15) is 0 Å². The molecule has 2 rings (SSSR count). The fraction of sp³-hybridized carbons (Fsp3) is 0.333. The lowest BCUT2D eigenvalue weighted by atomic mass is 10.3. The van der Waals surface area contributed by atoms with Gasteiger partial charge in [0.25, 0.3) is 0 Å². The molecular formula is C15H21IN4S. The Bertz CT molecular complexity index is 595. The minimum absolute atomic E-state index is 0. The van der Waals surface area contributed by atoms with Crippen molar-refractivity contribution >= 4 is 41.3 Å². The maximum atomic E-state index is 4.46. The fourth-order valence-electron chi connectivity index (χ4n) is 1.84. The van der Waals surface area contributed by atoms with Crippen molar-refractivity contribution in [1.29, 1.82) is 0 Å². The molecule has 0 fully saturated rings. The van der Waals surface area contributed by atoms with Gasteiger partial charge in [0, 0.05) is 17.6 Å². The average molecular weight is 416 g/mol. The van der Waals surface area contributed by atoms with E-state index in [1.165, 1.54) is 10.4 Å². The molecule has 2 aromatic heterocycles. The van der Waals surface area contributed by atoms with Crippen molar-refractivity contribution in [2.75, 3.05) is 7.05 Å². The van der Waals surface area contributed by atoms with Gasteiger partial charge in [0.05, 0.1) is 18.8 Å². The van der Waals surface area contributed by atoms with Crippen LogP contribution in [0.2, 0.25) is 0 Å². The Labute approximate surface area is 147 Å². The van der Waals surface area contributed by atoms with Gasteiger partial charge in [-0.1, -0.05) is 6.07 Å². The molecule has 0 aromatic carbocycles. The molecule has 2 heterocycles. The molecule has 21 heavy (non-hydrogen) atoms. The number of thiophene rings is 1. The SMILES string of the molecule is CN=C(NCc1cccc(C)n1)NCc1sccc1C.I. The molecule has 0 aliphatic rings. The Morgan fingerprint density at radius 2 is 1.95 bits per heavy atom. The van der Waals surface area contributed by atoms with Gasteiger partial charge < -0.3 is 10.6 Å². The summed E-state index contributed by atoms with van der Waals surface area (Å²) in [5.41, 5.74) is 3.36. The first-order valence-corrected chi connectivity index (χ1v) is 7.47.